The van der Waals surface area contributed by atoms with Gasteiger partial charge in [0.15, 0.2) is 0 Å². The fraction of sp³-hybridized carbons (Fsp3) is 0.900. The van der Waals surface area contributed by atoms with Crippen molar-refractivity contribution in [2.45, 2.75) is 31.9 Å². The zero-order valence-corrected chi connectivity index (χ0v) is 8.11. The number of hydrogen-bond donors (Lipinski definition) is 0. The van der Waals surface area contributed by atoms with E-state index in [1.807, 2.05) is 0 Å². The lowest BCUT2D eigenvalue weighted by molar-refractivity contribution is -0.117. The Morgan fingerprint density at radius 3 is 2.85 bits per heavy atom. The largest absolute Gasteiger partial charge is 0.376 e. The second kappa shape index (κ2) is 3.76. The molecule has 2 rings (SSSR count). The van der Waals surface area contributed by atoms with E-state index in [1.165, 1.54) is 0 Å². The topological polar surface area (TPSA) is 29.5 Å². The van der Waals surface area contributed by atoms with Crippen LogP contribution in [0.25, 0.3) is 0 Å². The maximum Gasteiger partial charge on any atom is 0.123 e. The second-order valence-corrected chi connectivity index (χ2v) is 4.20. The minimum absolute atomic E-state index is 0.336. The Kier molecular flexibility index (Phi) is 2.65. The van der Waals surface area contributed by atoms with E-state index in [0.717, 1.165) is 38.8 Å². The fourth-order valence-electron chi connectivity index (χ4n) is 2.22. The molecule has 74 valence electrons. The predicted octanol–water partition coefficient (Wildman–Crippen LogP) is 0.685. The minimum Gasteiger partial charge on any atom is -0.376 e. The molecule has 1 saturated heterocycles. The molecule has 2 fully saturated rings. The van der Waals surface area contributed by atoms with Gasteiger partial charge in [0.1, 0.15) is 6.29 Å². The number of hydrogen-bond acceptors (Lipinski definition) is 3. The maximum atomic E-state index is 10.4. The first-order chi connectivity index (χ1) is 6.29. The van der Waals surface area contributed by atoms with Crippen LogP contribution in [0.2, 0.25) is 0 Å². The van der Waals surface area contributed by atoms with Gasteiger partial charge in [-0.1, -0.05) is 0 Å². The van der Waals surface area contributed by atoms with Crippen molar-refractivity contribution in [3.63, 3.8) is 0 Å². The summed E-state index contributed by atoms with van der Waals surface area (Å²) in [5.74, 6) is 0.336. The highest BCUT2D eigenvalue weighted by atomic mass is 16.5. The first-order valence-electron chi connectivity index (χ1n) is 5.10. The molecule has 1 saturated carbocycles. The lowest BCUT2D eigenvalue weighted by atomic mass is 9.80. The molecule has 0 spiro atoms. The van der Waals surface area contributed by atoms with Crippen molar-refractivity contribution in [3.05, 3.63) is 0 Å². The van der Waals surface area contributed by atoms with E-state index in [-0.39, 0.29) is 0 Å². The van der Waals surface area contributed by atoms with Crippen LogP contribution in [0.3, 0.4) is 0 Å². The molecule has 0 aromatic rings. The molecule has 1 aliphatic heterocycles. The normalized spacial score (nSPS) is 41.2. The third-order valence-corrected chi connectivity index (χ3v) is 3.13. The molecule has 2 aliphatic rings. The summed E-state index contributed by atoms with van der Waals surface area (Å²) in [5.41, 5.74) is 0. The van der Waals surface area contributed by atoms with E-state index in [4.69, 9.17) is 4.74 Å². The number of nitrogens with zero attached hydrogens (tertiary/aromatic N) is 1. The van der Waals surface area contributed by atoms with E-state index >= 15 is 0 Å². The molecule has 3 nitrogen and oxygen atoms in total. The van der Waals surface area contributed by atoms with Crippen LogP contribution in [0.15, 0.2) is 0 Å². The third-order valence-electron chi connectivity index (χ3n) is 3.13. The van der Waals surface area contributed by atoms with Crippen LogP contribution in [0.4, 0.5) is 0 Å². The molecule has 0 N–H and O–H groups in total. The van der Waals surface area contributed by atoms with Gasteiger partial charge >= 0.3 is 0 Å². The molecule has 3 heteroatoms. The van der Waals surface area contributed by atoms with Gasteiger partial charge in [0.25, 0.3) is 0 Å². The zero-order chi connectivity index (χ0) is 9.26. The second-order valence-electron chi connectivity index (χ2n) is 4.20. The Morgan fingerprint density at radius 2 is 2.23 bits per heavy atom. The Hall–Kier alpha value is -0.410. The summed E-state index contributed by atoms with van der Waals surface area (Å²) < 4.78 is 5.47. The molecule has 0 aromatic carbocycles. The van der Waals surface area contributed by atoms with Crippen molar-refractivity contribution >= 4 is 6.29 Å². The minimum atomic E-state index is 0.336. The average molecular weight is 183 g/mol. The van der Waals surface area contributed by atoms with Crippen molar-refractivity contribution in [3.8, 4) is 0 Å². The number of morpholine rings is 1. The first-order valence-corrected chi connectivity index (χ1v) is 5.10. The Labute approximate surface area is 79.0 Å². The van der Waals surface area contributed by atoms with Crippen LogP contribution in [-0.2, 0) is 9.53 Å². The van der Waals surface area contributed by atoms with Gasteiger partial charge in [-0.2, -0.15) is 0 Å². The van der Waals surface area contributed by atoms with Gasteiger partial charge < -0.3 is 9.53 Å². The number of rotatable bonds is 2. The van der Waals surface area contributed by atoms with Crippen LogP contribution in [-0.4, -0.2) is 43.0 Å². The Morgan fingerprint density at radius 1 is 1.46 bits per heavy atom. The van der Waals surface area contributed by atoms with Gasteiger partial charge in [0, 0.05) is 25.0 Å². The van der Waals surface area contributed by atoms with Crippen molar-refractivity contribution in [2.75, 3.05) is 19.7 Å². The van der Waals surface area contributed by atoms with Gasteiger partial charge in [-0.15, -0.1) is 0 Å². The van der Waals surface area contributed by atoms with Gasteiger partial charge in [0.2, 0.25) is 0 Å². The Balaban J connectivity index is 1.78. The summed E-state index contributed by atoms with van der Waals surface area (Å²) in [5, 5.41) is 0. The van der Waals surface area contributed by atoms with Crippen LogP contribution in [0.1, 0.15) is 19.8 Å². The third kappa shape index (κ3) is 1.92. The summed E-state index contributed by atoms with van der Waals surface area (Å²) in [6, 6.07) is 0.654. The number of ether oxygens (including phenoxy) is 1. The van der Waals surface area contributed by atoms with Crippen LogP contribution < -0.4 is 0 Å². The molecule has 0 unspecified atom stereocenters. The van der Waals surface area contributed by atoms with Crippen molar-refractivity contribution in [1.29, 1.82) is 0 Å². The highest BCUT2D eigenvalue weighted by molar-refractivity contribution is 5.55. The van der Waals surface area contributed by atoms with E-state index in [1.54, 1.807) is 0 Å². The standard InChI is InChI=1S/C10H17NO2/c1-8-6-11(2-3-13-8)10-4-9(5-10)7-12/h7-10H,2-6H2,1H3/t8-,9-,10+/m0/s1. The predicted molar refractivity (Wildman–Crippen MR) is 49.6 cm³/mol. The molecule has 0 amide bonds. The number of aldehydes is 1. The summed E-state index contributed by atoms with van der Waals surface area (Å²) in [7, 11) is 0. The lowest BCUT2D eigenvalue weighted by Gasteiger charge is -2.44. The summed E-state index contributed by atoms with van der Waals surface area (Å²) >= 11 is 0. The number of carbonyl (C=O) groups excluding carboxylic acids is 1. The van der Waals surface area contributed by atoms with Crippen LogP contribution in [0, 0.1) is 5.92 Å². The Bertz CT molecular complexity index is 189. The smallest absolute Gasteiger partial charge is 0.123 e. The molecule has 0 radical (unpaired) electrons. The summed E-state index contributed by atoms with van der Waals surface area (Å²) in [6.07, 6.45) is 3.59. The summed E-state index contributed by atoms with van der Waals surface area (Å²) in [6.45, 7) is 5.04. The monoisotopic (exact) mass is 183 g/mol. The SMILES string of the molecule is C[C@H]1CN([C@H]2C[C@@H](C=O)C2)CCO1. The fourth-order valence-corrected chi connectivity index (χ4v) is 2.22. The van der Waals surface area contributed by atoms with Gasteiger partial charge in [-0.25, -0.2) is 0 Å². The van der Waals surface area contributed by atoms with E-state index in [9.17, 15) is 4.79 Å². The van der Waals surface area contributed by atoms with E-state index < -0.39 is 0 Å². The van der Waals surface area contributed by atoms with E-state index in [2.05, 4.69) is 11.8 Å². The van der Waals surface area contributed by atoms with Crippen molar-refractivity contribution < 1.29 is 9.53 Å². The molecule has 0 aromatic heterocycles. The average Bonchev–Trinajstić information content (AvgIpc) is 2.02. The highest BCUT2D eigenvalue weighted by Gasteiger charge is 2.34. The van der Waals surface area contributed by atoms with Crippen LogP contribution in [0.5, 0.6) is 0 Å². The van der Waals surface area contributed by atoms with Gasteiger partial charge in [0.05, 0.1) is 12.7 Å². The number of carbonyl (C=O) groups is 1. The molecule has 1 aliphatic carbocycles. The molecule has 0 bridgehead atoms. The molecular weight excluding hydrogens is 166 g/mol. The molecule has 1 atom stereocenters. The highest BCUT2D eigenvalue weighted by Crippen LogP contribution is 2.30. The quantitative estimate of drug-likeness (QED) is 0.590. The van der Waals surface area contributed by atoms with Gasteiger partial charge in [-0.3, -0.25) is 4.90 Å². The zero-order valence-electron chi connectivity index (χ0n) is 8.11. The first kappa shape index (κ1) is 9.16. The summed E-state index contributed by atoms with van der Waals surface area (Å²) in [4.78, 5) is 12.9. The van der Waals surface area contributed by atoms with E-state index in [0.29, 0.717) is 18.1 Å². The maximum absolute atomic E-state index is 10.4. The molecular formula is C10H17NO2. The van der Waals surface area contributed by atoms with Crippen LogP contribution >= 0.6 is 0 Å². The molecule has 1 heterocycles. The van der Waals surface area contributed by atoms with Crippen molar-refractivity contribution in [2.24, 2.45) is 5.92 Å². The van der Waals surface area contributed by atoms with Crippen molar-refractivity contribution in [1.82, 2.24) is 4.90 Å². The molecule has 13 heavy (non-hydrogen) atoms. The lowest BCUT2D eigenvalue weighted by Crippen LogP contribution is -2.52. The van der Waals surface area contributed by atoms with Gasteiger partial charge in [-0.05, 0) is 19.8 Å².